The van der Waals surface area contributed by atoms with Gasteiger partial charge in [-0.3, -0.25) is 0 Å². The summed E-state index contributed by atoms with van der Waals surface area (Å²) in [7, 11) is 0. The number of hydrogen-bond acceptors (Lipinski definition) is 5. The van der Waals surface area contributed by atoms with Crippen LogP contribution in [0, 0.1) is 0 Å². The van der Waals surface area contributed by atoms with Gasteiger partial charge in [-0.2, -0.15) is 0 Å². The molecule has 0 aliphatic carbocycles. The van der Waals surface area contributed by atoms with E-state index in [-0.39, 0.29) is 25.6 Å². The fourth-order valence-corrected chi connectivity index (χ4v) is 1.15. The van der Waals surface area contributed by atoms with Crippen molar-refractivity contribution < 1.29 is 20.4 Å². The molecule has 1 fully saturated rings. The Morgan fingerprint density at radius 3 is 2.25 bits per heavy atom. The monoisotopic (exact) mass is 199 g/mol. The maximum absolute atomic E-state index is 9.18. The van der Waals surface area contributed by atoms with Gasteiger partial charge in [0.05, 0.1) is 24.9 Å². The van der Waals surface area contributed by atoms with E-state index in [9.17, 15) is 5.11 Å². The molecule has 1 saturated heterocycles. The first-order chi connectivity index (χ1) is 5.16. The zero-order chi connectivity index (χ0) is 8.43. The minimum Gasteiger partial charge on any atom is -0.395 e. The van der Waals surface area contributed by atoms with Crippen LogP contribution in [-0.4, -0.2) is 57.9 Å². The smallest absolute Gasteiger partial charge is 0.109 e. The molecule has 0 amide bonds. The molecular weight excluding hydrogens is 186 g/mol. The lowest BCUT2D eigenvalue weighted by Gasteiger charge is -2.34. The van der Waals surface area contributed by atoms with Crippen molar-refractivity contribution in [2.75, 3.05) is 13.2 Å². The number of β-amino-alcohol motifs (C(OH)–C–C–N with tert-alkyl or cyclic N) is 1. The topological polar surface area (TPSA) is 93.0 Å². The summed E-state index contributed by atoms with van der Waals surface area (Å²) < 4.78 is 0. The van der Waals surface area contributed by atoms with E-state index in [2.05, 4.69) is 5.32 Å². The van der Waals surface area contributed by atoms with E-state index in [0.717, 1.165) is 0 Å². The quantitative estimate of drug-likeness (QED) is 0.321. The molecule has 0 radical (unpaired) electrons. The lowest BCUT2D eigenvalue weighted by atomic mass is 9.97. The lowest BCUT2D eigenvalue weighted by molar-refractivity contribution is -0.101. The molecule has 12 heavy (non-hydrogen) atoms. The van der Waals surface area contributed by atoms with Crippen molar-refractivity contribution in [1.29, 1.82) is 0 Å². The molecule has 0 aromatic carbocycles. The first kappa shape index (κ1) is 12.1. The molecule has 0 aromatic heterocycles. The van der Waals surface area contributed by atoms with Crippen LogP contribution in [0.25, 0.3) is 0 Å². The molecular formula is C6H14ClNO4. The van der Waals surface area contributed by atoms with Gasteiger partial charge < -0.3 is 25.7 Å². The van der Waals surface area contributed by atoms with Gasteiger partial charge in [0.25, 0.3) is 0 Å². The van der Waals surface area contributed by atoms with Crippen LogP contribution in [0.1, 0.15) is 0 Å². The summed E-state index contributed by atoms with van der Waals surface area (Å²) >= 11 is 0. The maximum atomic E-state index is 9.18. The van der Waals surface area contributed by atoms with Gasteiger partial charge >= 0.3 is 0 Å². The standard InChI is InChI=1S/C6H13NO4.ClH/c8-2-3-5(10)6(11)4(9)1-7-3;/h3-11H,1-2H2;1H/t3-,4+,5-,6+;/m1./s1. The normalized spacial score (nSPS) is 42.0. The van der Waals surface area contributed by atoms with Crippen LogP contribution in [-0.2, 0) is 0 Å². The molecule has 1 heterocycles. The summed E-state index contributed by atoms with van der Waals surface area (Å²) in [6.45, 7) is -0.0472. The largest absolute Gasteiger partial charge is 0.395 e. The van der Waals surface area contributed by atoms with E-state index in [4.69, 9.17) is 15.3 Å². The Labute approximate surface area is 76.4 Å². The molecule has 0 bridgehead atoms. The highest BCUT2D eigenvalue weighted by Crippen LogP contribution is 2.09. The zero-order valence-corrected chi connectivity index (χ0v) is 7.24. The van der Waals surface area contributed by atoms with Crippen molar-refractivity contribution in [2.24, 2.45) is 0 Å². The molecule has 0 unspecified atom stereocenters. The summed E-state index contributed by atoms with van der Waals surface area (Å²) in [5.41, 5.74) is 0. The van der Waals surface area contributed by atoms with Crippen LogP contribution in [0.2, 0.25) is 0 Å². The van der Waals surface area contributed by atoms with Gasteiger partial charge in [0, 0.05) is 6.54 Å². The highest BCUT2D eigenvalue weighted by atomic mass is 35.5. The summed E-state index contributed by atoms with van der Waals surface area (Å²) in [6, 6.07) is -0.534. The Hall–Kier alpha value is 0.0900. The Morgan fingerprint density at radius 2 is 1.75 bits per heavy atom. The van der Waals surface area contributed by atoms with Crippen LogP contribution in [0.3, 0.4) is 0 Å². The molecule has 1 rings (SSSR count). The molecule has 74 valence electrons. The van der Waals surface area contributed by atoms with E-state index < -0.39 is 24.4 Å². The highest BCUT2D eigenvalue weighted by Gasteiger charge is 2.35. The van der Waals surface area contributed by atoms with E-state index in [1.54, 1.807) is 0 Å². The van der Waals surface area contributed by atoms with Gasteiger partial charge in [-0.25, -0.2) is 0 Å². The van der Waals surface area contributed by atoms with E-state index in [1.807, 2.05) is 0 Å². The first-order valence-corrected chi connectivity index (χ1v) is 3.55. The Balaban J connectivity index is 0.00000121. The van der Waals surface area contributed by atoms with Crippen molar-refractivity contribution >= 4 is 12.4 Å². The Kier molecular flexibility index (Phi) is 5.00. The summed E-state index contributed by atoms with van der Waals surface area (Å²) in [4.78, 5) is 0. The predicted octanol–water partition coefficient (Wildman–Crippen LogP) is -2.54. The summed E-state index contributed by atoms with van der Waals surface area (Å²) in [6.07, 6.45) is -3.20. The average molecular weight is 200 g/mol. The number of nitrogens with one attached hydrogen (secondary N) is 1. The molecule has 6 heteroatoms. The fraction of sp³-hybridized carbons (Fsp3) is 1.00. The lowest BCUT2D eigenvalue weighted by Crippen LogP contribution is -2.60. The van der Waals surface area contributed by atoms with Crippen LogP contribution in [0.5, 0.6) is 0 Å². The number of piperidine rings is 1. The van der Waals surface area contributed by atoms with Crippen LogP contribution >= 0.6 is 12.4 Å². The van der Waals surface area contributed by atoms with Gasteiger partial charge in [-0.15, -0.1) is 12.4 Å². The number of aliphatic hydroxyl groups excluding tert-OH is 4. The van der Waals surface area contributed by atoms with Gasteiger partial charge in [-0.1, -0.05) is 0 Å². The van der Waals surface area contributed by atoms with E-state index in [1.165, 1.54) is 0 Å². The van der Waals surface area contributed by atoms with Crippen LogP contribution in [0.15, 0.2) is 0 Å². The Bertz CT molecular complexity index is 135. The minimum atomic E-state index is -1.16. The molecule has 0 spiro atoms. The third-order valence-electron chi connectivity index (χ3n) is 1.94. The molecule has 0 aromatic rings. The van der Waals surface area contributed by atoms with Crippen molar-refractivity contribution in [3.05, 3.63) is 0 Å². The number of aliphatic hydroxyl groups is 4. The summed E-state index contributed by atoms with van der Waals surface area (Å²) in [5, 5.41) is 38.6. The first-order valence-electron chi connectivity index (χ1n) is 3.55. The number of halogens is 1. The predicted molar refractivity (Wildman–Crippen MR) is 44.1 cm³/mol. The molecule has 5 N–H and O–H groups in total. The second kappa shape index (κ2) is 4.96. The van der Waals surface area contributed by atoms with E-state index >= 15 is 0 Å². The van der Waals surface area contributed by atoms with Crippen molar-refractivity contribution in [3.63, 3.8) is 0 Å². The minimum absolute atomic E-state index is 0. The molecule has 4 atom stereocenters. The molecule has 1 aliphatic heterocycles. The number of rotatable bonds is 1. The molecule has 5 nitrogen and oxygen atoms in total. The third-order valence-corrected chi connectivity index (χ3v) is 1.94. The Morgan fingerprint density at radius 1 is 1.17 bits per heavy atom. The fourth-order valence-electron chi connectivity index (χ4n) is 1.15. The van der Waals surface area contributed by atoms with Gasteiger partial charge in [0.15, 0.2) is 0 Å². The second-order valence-corrected chi connectivity index (χ2v) is 2.75. The van der Waals surface area contributed by atoms with Crippen molar-refractivity contribution in [1.82, 2.24) is 5.32 Å². The van der Waals surface area contributed by atoms with Gasteiger partial charge in [0.1, 0.15) is 6.10 Å². The third kappa shape index (κ3) is 2.29. The number of hydrogen-bond donors (Lipinski definition) is 5. The SMILES string of the molecule is Cl.OC[C@H]1NC[C@H](O)[C@H](O)[C@@H]1O. The summed E-state index contributed by atoms with van der Waals surface area (Å²) in [5.74, 6) is 0. The van der Waals surface area contributed by atoms with Crippen LogP contribution < -0.4 is 5.32 Å². The highest BCUT2D eigenvalue weighted by molar-refractivity contribution is 5.85. The molecule has 1 aliphatic rings. The zero-order valence-electron chi connectivity index (χ0n) is 6.42. The molecule has 0 saturated carbocycles. The maximum Gasteiger partial charge on any atom is 0.109 e. The van der Waals surface area contributed by atoms with Crippen molar-refractivity contribution in [2.45, 2.75) is 24.4 Å². The second-order valence-electron chi connectivity index (χ2n) is 2.75. The van der Waals surface area contributed by atoms with E-state index in [0.29, 0.717) is 0 Å². The average Bonchev–Trinajstić information content (AvgIpc) is 2.01. The van der Waals surface area contributed by atoms with Crippen LogP contribution in [0.4, 0.5) is 0 Å². The van der Waals surface area contributed by atoms with Crippen molar-refractivity contribution in [3.8, 4) is 0 Å². The van der Waals surface area contributed by atoms with Gasteiger partial charge in [0.2, 0.25) is 0 Å². The van der Waals surface area contributed by atoms with Gasteiger partial charge in [-0.05, 0) is 0 Å².